The van der Waals surface area contributed by atoms with Gasteiger partial charge in [-0.05, 0) is 0 Å². The number of rotatable bonds is 17. The van der Waals surface area contributed by atoms with Crippen LogP contribution in [-0.2, 0) is 48.1 Å². The quantitative estimate of drug-likeness (QED) is 0.153. The van der Waals surface area contributed by atoms with E-state index >= 15 is 0 Å². The van der Waals surface area contributed by atoms with Crippen LogP contribution in [0.3, 0.4) is 0 Å². The van der Waals surface area contributed by atoms with E-state index in [9.17, 15) is 9.59 Å². The molecule has 25 heavy (non-hydrogen) atoms. The van der Waals surface area contributed by atoms with Crippen LogP contribution in [0.15, 0.2) is 12.2 Å². The predicted molar refractivity (Wildman–Crippen MR) is 83.2 cm³/mol. The van der Waals surface area contributed by atoms with Crippen LogP contribution in [0.1, 0.15) is 6.42 Å². The molecule has 0 bridgehead atoms. The van der Waals surface area contributed by atoms with Crippen molar-refractivity contribution in [2.24, 2.45) is 0 Å². The van der Waals surface area contributed by atoms with Crippen molar-refractivity contribution in [3.63, 3.8) is 0 Å². The van der Waals surface area contributed by atoms with Crippen LogP contribution < -0.4 is 0 Å². The Balaban J connectivity index is 3.57. The average molecular weight is 366 g/mol. The van der Waals surface area contributed by atoms with Crippen LogP contribution in [0.4, 0.5) is 0 Å². The van der Waals surface area contributed by atoms with E-state index in [0.29, 0.717) is 26.4 Å². The van der Waals surface area contributed by atoms with Gasteiger partial charge in [-0.25, -0.2) is 9.59 Å². The van der Waals surface area contributed by atoms with Gasteiger partial charge >= 0.3 is 11.9 Å². The Morgan fingerprint density at radius 1 is 0.720 bits per heavy atom. The van der Waals surface area contributed by atoms with Gasteiger partial charge in [-0.3, -0.25) is 9.78 Å². The lowest BCUT2D eigenvalue weighted by Crippen LogP contribution is -2.16. The fourth-order valence-electron chi connectivity index (χ4n) is 1.21. The van der Waals surface area contributed by atoms with Gasteiger partial charge in [-0.2, -0.15) is 9.78 Å². The highest BCUT2D eigenvalue weighted by atomic mass is 17.2. The summed E-state index contributed by atoms with van der Waals surface area (Å²) in [5, 5.41) is 0. The number of carbonyl (C=O) groups is 2. The van der Waals surface area contributed by atoms with Crippen molar-refractivity contribution in [3.05, 3.63) is 12.2 Å². The van der Waals surface area contributed by atoms with Gasteiger partial charge in [0.05, 0.1) is 46.1 Å². The molecule has 0 aliphatic carbocycles. The Morgan fingerprint density at radius 3 is 1.72 bits per heavy atom. The van der Waals surface area contributed by atoms with Crippen molar-refractivity contribution in [1.82, 2.24) is 0 Å². The number of carbonyl (C=O) groups excluding carboxylic acids is 2. The van der Waals surface area contributed by atoms with Crippen LogP contribution in [0.2, 0.25) is 0 Å². The molecular weight excluding hydrogens is 340 g/mol. The standard InChI is InChI=1S/C15H26O10/c1-13(15(17)25-23-11-9-21-7-5-19-3)12-14(16)24-22-10-8-20-6-4-18-2/h1,4-12H2,2-3H3. The number of ether oxygens (including phenoxy) is 4. The Bertz CT molecular complexity index is 371. The maximum absolute atomic E-state index is 11.5. The van der Waals surface area contributed by atoms with E-state index in [0.717, 1.165) is 0 Å². The molecule has 0 aromatic carbocycles. The van der Waals surface area contributed by atoms with E-state index in [2.05, 4.69) is 26.1 Å². The lowest BCUT2D eigenvalue weighted by atomic mass is 10.2. The molecule has 0 fully saturated rings. The zero-order valence-corrected chi connectivity index (χ0v) is 14.7. The largest absolute Gasteiger partial charge is 0.382 e. The van der Waals surface area contributed by atoms with Crippen LogP contribution >= 0.6 is 0 Å². The van der Waals surface area contributed by atoms with Gasteiger partial charge in [-0.1, -0.05) is 6.58 Å². The second-order valence-electron chi connectivity index (χ2n) is 4.46. The minimum atomic E-state index is -0.878. The van der Waals surface area contributed by atoms with Gasteiger partial charge in [-0.15, -0.1) is 0 Å². The first-order valence-corrected chi connectivity index (χ1v) is 7.59. The second-order valence-corrected chi connectivity index (χ2v) is 4.46. The average Bonchev–Trinajstić information content (AvgIpc) is 2.59. The minimum absolute atomic E-state index is 0.0410. The van der Waals surface area contributed by atoms with Crippen molar-refractivity contribution >= 4 is 11.9 Å². The summed E-state index contributed by atoms with van der Waals surface area (Å²) in [5.74, 6) is -1.67. The summed E-state index contributed by atoms with van der Waals surface area (Å²) in [7, 11) is 3.11. The molecule has 0 aromatic heterocycles. The van der Waals surface area contributed by atoms with E-state index in [1.807, 2.05) is 0 Å². The van der Waals surface area contributed by atoms with Crippen molar-refractivity contribution in [3.8, 4) is 0 Å². The van der Waals surface area contributed by atoms with Gasteiger partial charge in [0.25, 0.3) is 0 Å². The Kier molecular flexibility index (Phi) is 16.2. The van der Waals surface area contributed by atoms with Crippen molar-refractivity contribution < 1.29 is 48.1 Å². The van der Waals surface area contributed by atoms with Crippen LogP contribution in [0.5, 0.6) is 0 Å². The predicted octanol–water partition coefficient (Wildman–Crippen LogP) is 0.208. The molecule has 0 saturated heterocycles. The Hall–Kier alpha value is -1.56. The zero-order chi connectivity index (χ0) is 18.8. The van der Waals surface area contributed by atoms with E-state index in [1.165, 1.54) is 0 Å². The summed E-state index contributed by atoms with van der Waals surface area (Å²) in [5.41, 5.74) is -0.134. The van der Waals surface area contributed by atoms with E-state index in [-0.39, 0.29) is 32.0 Å². The number of hydrogen-bond donors (Lipinski definition) is 0. The minimum Gasteiger partial charge on any atom is -0.382 e. The number of methoxy groups -OCH3 is 2. The van der Waals surface area contributed by atoms with Crippen LogP contribution in [0, 0.1) is 0 Å². The summed E-state index contributed by atoms with van der Waals surface area (Å²) < 4.78 is 19.8. The molecular formula is C15H26O10. The maximum Gasteiger partial charge on any atom is 0.369 e. The molecule has 0 amide bonds. The summed E-state index contributed by atoms with van der Waals surface area (Å²) in [6.45, 7) is 5.71. The molecule has 0 saturated carbocycles. The number of hydrogen-bond acceptors (Lipinski definition) is 10. The first-order valence-electron chi connectivity index (χ1n) is 7.59. The zero-order valence-electron chi connectivity index (χ0n) is 14.7. The van der Waals surface area contributed by atoms with Gasteiger partial charge in [0.2, 0.25) is 0 Å². The van der Waals surface area contributed by atoms with E-state index in [1.54, 1.807) is 14.2 Å². The van der Waals surface area contributed by atoms with Gasteiger partial charge in [0.15, 0.2) is 0 Å². The SMILES string of the molecule is C=C(CC(=O)OOCCOCCOC)C(=O)OOCCOCCOC. The molecule has 0 aliphatic heterocycles. The fraction of sp³-hybridized carbons (Fsp3) is 0.733. The monoisotopic (exact) mass is 366 g/mol. The molecule has 0 radical (unpaired) electrons. The molecule has 0 heterocycles. The fourth-order valence-corrected chi connectivity index (χ4v) is 1.21. The highest BCUT2D eigenvalue weighted by Gasteiger charge is 2.16. The molecule has 0 N–H and O–H groups in total. The molecule has 0 atom stereocenters. The first-order chi connectivity index (χ1) is 12.1. The maximum atomic E-state index is 11.5. The molecule has 10 heteroatoms. The Morgan fingerprint density at radius 2 is 1.20 bits per heavy atom. The van der Waals surface area contributed by atoms with Crippen LogP contribution in [-0.4, -0.2) is 79.0 Å². The first kappa shape index (κ1) is 23.4. The van der Waals surface area contributed by atoms with Gasteiger partial charge < -0.3 is 18.9 Å². The summed E-state index contributed by atoms with van der Waals surface area (Å²) in [6, 6.07) is 0. The second kappa shape index (κ2) is 17.3. The highest BCUT2D eigenvalue weighted by Crippen LogP contribution is 2.04. The summed E-state index contributed by atoms with van der Waals surface area (Å²) in [6.07, 6.45) is -0.392. The molecule has 0 unspecified atom stereocenters. The van der Waals surface area contributed by atoms with Crippen molar-refractivity contribution in [1.29, 1.82) is 0 Å². The molecule has 0 spiro atoms. The topological polar surface area (TPSA) is 108 Å². The third-order valence-electron chi connectivity index (χ3n) is 2.42. The lowest BCUT2D eigenvalue weighted by Gasteiger charge is -2.07. The lowest BCUT2D eigenvalue weighted by molar-refractivity contribution is -0.278. The summed E-state index contributed by atoms with van der Waals surface area (Å²) >= 11 is 0. The third-order valence-corrected chi connectivity index (χ3v) is 2.42. The highest BCUT2D eigenvalue weighted by molar-refractivity contribution is 5.92. The molecule has 0 aromatic rings. The van der Waals surface area contributed by atoms with Gasteiger partial charge in [0.1, 0.15) is 13.2 Å². The Labute approximate surface area is 146 Å². The summed E-state index contributed by atoms with van der Waals surface area (Å²) in [4.78, 5) is 41.1. The van der Waals surface area contributed by atoms with Gasteiger partial charge in [0, 0.05) is 19.8 Å². The normalized spacial score (nSPS) is 10.5. The molecule has 0 aliphatic rings. The molecule has 146 valence electrons. The molecule has 0 rings (SSSR count). The van der Waals surface area contributed by atoms with E-state index < -0.39 is 18.4 Å². The van der Waals surface area contributed by atoms with Crippen molar-refractivity contribution in [2.75, 3.05) is 67.1 Å². The van der Waals surface area contributed by atoms with Crippen molar-refractivity contribution in [2.45, 2.75) is 6.42 Å². The molecule has 10 nitrogen and oxygen atoms in total. The smallest absolute Gasteiger partial charge is 0.369 e. The third kappa shape index (κ3) is 15.7. The van der Waals surface area contributed by atoms with Crippen LogP contribution in [0.25, 0.3) is 0 Å². The van der Waals surface area contributed by atoms with E-state index in [4.69, 9.17) is 18.9 Å².